The number of likely N-dealkylation sites (tertiary alicyclic amines) is 1. The van der Waals surface area contributed by atoms with Crippen LogP contribution in [0.15, 0.2) is 29.2 Å². The molecule has 116 valence electrons. The van der Waals surface area contributed by atoms with Crippen molar-refractivity contribution in [2.75, 3.05) is 19.3 Å². The normalized spacial score (nSPS) is 21.1. The molecule has 5 nitrogen and oxygen atoms in total. The van der Waals surface area contributed by atoms with Crippen LogP contribution in [-0.4, -0.2) is 44.6 Å². The van der Waals surface area contributed by atoms with E-state index in [4.69, 9.17) is 5.73 Å². The minimum Gasteiger partial charge on any atom is -0.338 e. The number of piperidine rings is 1. The van der Waals surface area contributed by atoms with Gasteiger partial charge >= 0.3 is 0 Å². The quantitative estimate of drug-likeness (QED) is 0.912. The van der Waals surface area contributed by atoms with Crippen LogP contribution in [0.5, 0.6) is 0 Å². The molecular weight excluding hydrogens is 288 g/mol. The van der Waals surface area contributed by atoms with E-state index in [2.05, 4.69) is 0 Å². The molecule has 0 saturated carbocycles. The molecular formula is C15H22N2O3S. The summed E-state index contributed by atoms with van der Waals surface area (Å²) < 4.78 is 23.6. The first-order valence-electron chi connectivity index (χ1n) is 7.14. The fraction of sp³-hybridized carbons (Fsp3) is 0.533. The number of benzene rings is 1. The number of amides is 1. The number of hydrogen-bond donors (Lipinski definition) is 1. The van der Waals surface area contributed by atoms with Gasteiger partial charge in [-0.3, -0.25) is 4.79 Å². The molecule has 2 N–H and O–H groups in total. The smallest absolute Gasteiger partial charge is 0.255 e. The Bertz CT molecular complexity index is 626. The standard InChI is InChI=1S/C15H22N2O3S/c1-11(16)12-6-5-9-17(10-12)15(18)13-7-3-4-8-14(13)21(2,19)20/h3-4,7-8,11-12H,5-6,9-10,16H2,1-2H3/t11-,12-/m1/s1. The third-order valence-corrected chi connectivity index (χ3v) is 5.16. The summed E-state index contributed by atoms with van der Waals surface area (Å²) in [5.41, 5.74) is 6.19. The average Bonchev–Trinajstić information content (AvgIpc) is 2.45. The first-order chi connectivity index (χ1) is 9.80. The first-order valence-corrected chi connectivity index (χ1v) is 9.04. The number of rotatable bonds is 3. The molecule has 0 bridgehead atoms. The number of carbonyl (C=O) groups is 1. The van der Waals surface area contributed by atoms with Crippen LogP contribution < -0.4 is 5.73 Å². The van der Waals surface area contributed by atoms with Crippen molar-refractivity contribution in [1.29, 1.82) is 0 Å². The van der Waals surface area contributed by atoms with Gasteiger partial charge in [0.05, 0.1) is 10.5 Å². The first kappa shape index (κ1) is 16.0. The van der Waals surface area contributed by atoms with E-state index in [1.807, 2.05) is 6.92 Å². The fourth-order valence-corrected chi connectivity index (χ4v) is 3.64. The van der Waals surface area contributed by atoms with E-state index in [0.717, 1.165) is 19.1 Å². The summed E-state index contributed by atoms with van der Waals surface area (Å²) in [5, 5.41) is 0. The number of carbonyl (C=O) groups excluding carboxylic acids is 1. The van der Waals surface area contributed by atoms with E-state index in [1.54, 1.807) is 23.1 Å². The molecule has 0 unspecified atom stereocenters. The molecule has 1 saturated heterocycles. The van der Waals surface area contributed by atoms with E-state index in [-0.39, 0.29) is 28.3 Å². The van der Waals surface area contributed by atoms with Crippen LogP contribution in [0.3, 0.4) is 0 Å². The van der Waals surface area contributed by atoms with Gasteiger partial charge in [0.25, 0.3) is 5.91 Å². The molecule has 1 aliphatic heterocycles. The minimum atomic E-state index is -3.42. The van der Waals surface area contributed by atoms with E-state index in [0.29, 0.717) is 13.1 Å². The van der Waals surface area contributed by atoms with Crippen LogP contribution in [0.2, 0.25) is 0 Å². The molecule has 1 fully saturated rings. The van der Waals surface area contributed by atoms with Crippen molar-refractivity contribution in [2.24, 2.45) is 11.7 Å². The van der Waals surface area contributed by atoms with Crippen LogP contribution in [0.25, 0.3) is 0 Å². The average molecular weight is 310 g/mol. The van der Waals surface area contributed by atoms with Crippen molar-refractivity contribution in [3.8, 4) is 0 Å². The molecule has 1 aromatic rings. The maximum Gasteiger partial charge on any atom is 0.255 e. The van der Waals surface area contributed by atoms with Crippen molar-refractivity contribution in [3.63, 3.8) is 0 Å². The predicted octanol–water partition coefficient (Wildman–Crippen LogP) is 1.29. The van der Waals surface area contributed by atoms with Crippen LogP contribution in [0.1, 0.15) is 30.1 Å². The van der Waals surface area contributed by atoms with Crippen molar-refractivity contribution in [3.05, 3.63) is 29.8 Å². The SMILES string of the molecule is C[C@@H](N)[C@@H]1CCCN(C(=O)c2ccccc2S(C)(=O)=O)C1. The molecule has 0 aliphatic carbocycles. The largest absolute Gasteiger partial charge is 0.338 e. The topological polar surface area (TPSA) is 80.5 Å². The molecule has 21 heavy (non-hydrogen) atoms. The third kappa shape index (κ3) is 3.63. The van der Waals surface area contributed by atoms with Gasteiger partial charge in [-0.25, -0.2) is 8.42 Å². The summed E-state index contributed by atoms with van der Waals surface area (Å²) in [4.78, 5) is 14.5. The van der Waals surface area contributed by atoms with Gasteiger partial charge in [-0.2, -0.15) is 0 Å². The fourth-order valence-electron chi connectivity index (χ4n) is 2.76. The second-order valence-corrected chi connectivity index (χ2v) is 7.77. The van der Waals surface area contributed by atoms with Gasteiger partial charge in [-0.05, 0) is 37.8 Å². The summed E-state index contributed by atoms with van der Waals surface area (Å²) in [6, 6.07) is 6.41. The third-order valence-electron chi connectivity index (χ3n) is 4.01. The summed E-state index contributed by atoms with van der Waals surface area (Å²) in [5.74, 6) is 0.0504. The lowest BCUT2D eigenvalue weighted by Gasteiger charge is -2.35. The zero-order valence-electron chi connectivity index (χ0n) is 12.5. The Morgan fingerprint density at radius 2 is 2.05 bits per heavy atom. The van der Waals surface area contributed by atoms with Gasteiger partial charge in [0.1, 0.15) is 0 Å². The Kier molecular flexibility index (Phi) is 4.68. The van der Waals surface area contributed by atoms with Crippen molar-refractivity contribution in [1.82, 2.24) is 4.90 Å². The highest BCUT2D eigenvalue weighted by Gasteiger charge is 2.28. The van der Waals surface area contributed by atoms with E-state index >= 15 is 0 Å². The summed E-state index contributed by atoms with van der Waals surface area (Å²) in [6.07, 6.45) is 3.04. The van der Waals surface area contributed by atoms with Gasteiger partial charge in [-0.1, -0.05) is 12.1 Å². The maximum absolute atomic E-state index is 12.7. The monoisotopic (exact) mass is 310 g/mol. The molecule has 0 aromatic heterocycles. The molecule has 2 atom stereocenters. The van der Waals surface area contributed by atoms with Gasteiger partial charge in [0.15, 0.2) is 9.84 Å². The van der Waals surface area contributed by atoms with Crippen molar-refractivity contribution in [2.45, 2.75) is 30.7 Å². The van der Waals surface area contributed by atoms with Crippen LogP contribution in [0, 0.1) is 5.92 Å². The summed E-state index contributed by atoms with van der Waals surface area (Å²) in [7, 11) is -3.42. The van der Waals surface area contributed by atoms with Crippen molar-refractivity contribution >= 4 is 15.7 Å². The Morgan fingerprint density at radius 1 is 1.38 bits per heavy atom. The highest BCUT2D eigenvalue weighted by atomic mass is 32.2. The number of nitrogens with zero attached hydrogens (tertiary/aromatic N) is 1. The molecule has 1 heterocycles. The second-order valence-electron chi connectivity index (χ2n) is 5.78. The van der Waals surface area contributed by atoms with Crippen molar-refractivity contribution < 1.29 is 13.2 Å². The Morgan fingerprint density at radius 3 is 2.67 bits per heavy atom. The van der Waals surface area contributed by atoms with E-state index in [1.165, 1.54) is 6.07 Å². The van der Waals surface area contributed by atoms with Gasteiger partial charge in [0, 0.05) is 25.4 Å². The number of nitrogens with two attached hydrogens (primary N) is 1. The zero-order chi connectivity index (χ0) is 15.6. The second kappa shape index (κ2) is 6.15. The molecule has 1 aromatic carbocycles. The molecule has 1 aliphatic rings. The summed E-state index contributed by atoms with van der Waals surface area (Å²) >= 11 is 0. The van der Waals surface area contributed by atoms with E-state index in [9.17, 15) is 13.2 Å². The van der Waals surface area contributed by atoms with Gasteiger partial charge in [-0.15, -0.1) is 0 Å². The highest BCUT2D eigenvalue weighted by molar-refractivity contribution is 7.90. The van der Waals surface area contributed by atoms with E-state index < -0.39 is 9.84 Å². The summed E-state index contributed by atoms with van der Waals surface area (Å²) in [6.45, 7) is 3.19. The zero-order valence-corrected chi connectivity index (χ0v) is 13.3. The van der Waals surface area contributed by atoms with Crippen LogP contribution in [-0.2, 0) is 9.84 Å². The Balaban J connectivity index is 2.29. The molecule has 0 spiro atoms. The lowest BCUT2D eigenvalue weighted by Crippen LogP contribution is -2.45. The number of hydrogen-bond acceptors (Lipinski definition) is 4. The molecule has 6 heteroatoms. The van der Waals surface area contributed by atoms with Gasteiger partial charge < -0.3 is 10.6 Å². The Labute approximate surface area is 126 Å². The lowest BCUT2D eigenvalue weighted by atomic mass is 9.92. The van der Waals surface area contributed by atoms with Gasteiger partial charge in [0.2, 0.25) is 0 Å². The maximum atomic E-state index is 12.7. The minimum absolute atomic E-state index is 0.0331. The predicted molar refractivity (Wildman–Crippen MR) is 81.8 cm³/mol. The number of sulfone groups is 1. The highest BCUT2D eigenvalue weighted by Crippen LogP contribution is 2.23. The molecule has 0 radical (unpaired) electrons. The lowest BCUT2D eigenvalue weighted by molar-refractivity contribution is 0.0657. The van der Waals surface area contributed by atoms with Crippen LogP contribution in [0.4, 0.5) is 0 Å². The van der Waals surface area contributed by atoms with Crippen LogP contribution >= 0.6 is 0 Å². The molecule has 2 rings (SSSR count). The Hall–Kier alpha value is -1.40. The molecule has 1 amide bonds.